The van der Waals surface area contributed by atoms with Gasteiger partial charge in [-0.25, -0.2) is 0 Å². The fourth-order valence-electron chi connectivity index (χ4n) is 3.21. The quantitative estimate of drug-likeness (QED) is 0.334. The van der Waals surface area contributed by atoms with E-state index in [9.17, 15) is 4.79 Å². The van der Waals surface area contributed by atoms with E-state index in [1.54, 1.807) is 7.11 Å². The molecule has 3 aromatic rings. The molecule has 1 heterocycles. The predicted molar refractivity (Wildman–Crippen MR) is 122 cm³/mol. The highest BCUT2D eigenvalue weighted by Crippen LogP contribution is 2.30. The Hall–Kier alpha value is -2.60. The number of ether oxygens (including phenoxy) is 1. The number of ketones is 1. The molecule has 0 spiro atoms. The van der Waals surface area contributed by atoms with Gasteiger partial charge in [0, 0.05) is 17.7 Å². The molecule has 0 aliphatic rings. The van der Waals surface area contributed by atoms with Gasteiger partial charge in [-0.2, -0.15) is 0 Å². The average molecular weight is 424 g/mol. The molecule has 0 radical (unpaired) electrons. The smallest absolute Gasteiger partial charge is 0.192 e. The van der Waals surface area contributed by atoms with E-state index in [2.05, 4.69) is 35.5 Å². The first-order valence-electron chi connectivity index (χ1n) is 10.3. The molecule has 158 valence electrons. The first-order valence-corrected chi connectivity index (χ1v) is 11.2. The minimum Gasteiger partial charge on any atom is -0.497 e. The van der Waals surface area contributed by atoms with Crippen LogP contribution in [-0.2, 0) is 13.0 Å². The van der Waals surface area contributed by atoms with Crippen LogP contribution < -0.4 is 4.74 Å². The van der Waals surface area contributed by atoms with E-state index in [1.807, 2.05) is 55.5 Å². The zero-order chi connectivity index (χ0) is 21.7. The van der Waals surface area contributed by atoms with Gasteiger partial charge in [-0.1, -0.05) is 56.8 Å². The fraction of sp³-hybridized carbons (Fsp3) is 0.375. The minimum absolute atomic E-state index is 0.104. The van der Waals surface area contributed by atoms with Gasteiger partial charge < -0.3 is 9.30 Å². The molecule has 0 fully saturated rings. The van der Waals surface area contributed by atoms with Crippen molar-refractivity contribution in [1.29, 1.82) is 0 Å². The highest BCUT2D eigenvalue weighted by Gasteiger charge is 2.22. The van der Waals surface area contributed by atoms with Crippen LogP contribution in [0, 0.1) is 5.92 Å². The third-order valence-electron chi connectivity index (χ3n) is 4.91. The van der Waals surface area contributed by atoms with Crippen LogP contribution in [0.2, 0.25) is 0 Å². The van der Waals surface area contributed by atoms with Gasteiger partial charge in [-0.05, 0) is 49.1 Å². The van der Waals surface area contributed by atoms with Crippen molar-refractivity contribution in [2.75, 3.05) is 7.11 Å². The summed E-state index contributed by atoms with van der Waals surface area (Å²) in [5.74, 6) is 2.13. The van der Waals surface area contributed by atoms with Crippen molar-refractivity contribution >= 4 is 17.5 Å². The molecular weight excluding hydrogens is 394 g/mol. The average Bonchev–Trinajstić information content (AvgIpc) is 3.14. The standard InChI is InChI=1S/C24H29N3O2S/c1-6-18-7-9-19(10-8-18)22(28)17(4)30-24-26-25-23(27(24)15-16(2)3)20-11-13-21(29-5)14-12-20/h7-14,16-17H,6,15H2,1-5H3/t17-/m0/s1. The van der Waals surface area contributed by atoms with Gasteiger partial charge in [0.25, 0.3) is 0 Å². The molecule has 0 aliphatic heterocycles. The normalized spacial score (nSPS) is 12.2. The van der Waals surface area contributed by atoms with Gasteiger partial charge >= 0.3 is 0 Å². The molecule has 0 saturated carbocycles. The first kappa shape index (κ1) is 22.1. The van der Waals surface area contributed by atoms with Gasteiger partial charge in [-0.3, -0.25) is 4.79 Å². The van der Waals surface area contributed by atoms with Crippen molar-refractivity contribution in [3.8, 4) is 17.1 Å². The summed E-state index contributed by atoms with van der Waals surface area (Å²) in [7, 11) is 1.65. The second-order valence-electron chi connectivity index (χ2n) is 7.71. The number of carbonyl (C=O) groups excluding carboxylic acids is 1. The molecule has 5 nitrogen and oxygen atoms in total. The van der Waals surface area contributed by atoms with E-state index in [0.717, 1.165) is 40.8 Å². The van der Waals surface area contributed by atoms with Crippen molar-refractivity contribution in [3.63, 3.8) is 0 Å². The molecule has 1 atom stereocenters. The monoisotopic (exact) mass is 423 g/mol. The summed E-state index contributed by atoms with van der Waals surface area (Å²) in [6, 6.07) is 15.7. The van der Waals surface area contributed by atoms with Crippen LogP contribution in [0.3, 0.4) is 0 Å². The zero-order valence-electron chi connectivity index (χ0n) is 18.3. The Morgan fingerprint density at radius 2 is 1.70 bits per heavy atom. The van der Waals surface area contributed by atoms with Crippen LogP contribution in [0.5, 0.6) is 5.75 Å². The number of rotatable bonds is 9. The van der Waals surface area contributed by atoms with E-state index in [0.29, 0.717) is 5.92 Å². The second kappa shape index (κ2) is 9.94. The van der Waals surface area contributed by atoms with Gasteiger partial charge in [0.2, 0.25) is 0 Å². The van der Waals surface area contributed by atoms with Crippen LogP contribution in [0.1, 0.15) is 43.6 Å². The minimum atomic E-state index is -0.253. The topological polar surface area (TPSA) is 57.0 Å². The molecule has 3 rings (SSSR count). The molecule has 2 aromatic carbocycles. The molecule has 0 unspecified atom stereocenters. The Kier molecular flexibility index (Phi) is 7.32. The van der Waals surface area contributed by atoms with Crippen molar-refractivity contribution in [2.24, 2.45) is 5.92 Å². The maximum atomic E-state index is 12.9. The molecular formula is C24H29N3O2S. The lowest BCUT2D eigenvalue weighted by Gasteiger charge is -2.15. The van der Waals surface area contributed by atoms with E-state index in [-0.39, 0.29) is 11.0 Å². The maximum absolute atomic E-state index is 12.9. The van der Waals surface area contributed by atoms with Gasteiger partial charge in [0.05, 0.1) is 12.4 Å². The van der Waals surface area contributed by atoms with Crippen molar-refractivity contribution in [2.45, 2.75) is 51.1 Å². The van der Waals surface area contributed by atoms with Crippen LogP contribution in [-0.4, -0.2) is 32.9 Å². The fourth-order valence-corrected chi connectivity index (χ4v) is 4.15. The van der Waals surface area contributed by atoms with E-state index < -0.39 is 0 Å². The summed E-state index contributed by atoms with van der Waals surface area (Å²) in [5, 5.41) is 9.38. The molecule has 1 aromatic heterocycles. The number of nitrogens with zero attached hydrogens (tertiary/aromatic N) is 3. The number of benzene rings is 2. The van der Waals surface area contributed by atoms with E-state index in [1.165, 1.54) is 17.3 Å². The first-order chi connectivity index (χ1) is 14.4. The number of aryl methyl sites for hydroxylation is 1. The molecule has 0 bridgehead atoms. The Morgan fingerprint density at radius 3 is 2.27 bits per heavy atom. The van der Waals surface area contributed by atoms with Crippen molar-refractivity contribution in [1.82, 2.24) is 14.8 Å². The number of carbonyl (C=O) groups is 1. The van der Waals surface area contributed by atoms with E-state index >= 15 is 0 Å². The summed E-state index contributed by atoms with van der Waals surface area (Å²) in [6.45, 7) is 9.15. The van der Waals surface area contributed by atoms with E-state index in [4.69, 9.17) is 4.74 Å². The molecule has 0 amide bonds. The predicted octanol–water partition coefficient (Wildman–Crippen LogP) is 5.54. The van der Waals surface area contributed by atoms with Crippen LogP contribution in [0.4, 0.5) is 0 Å². The van der Waals surface area contributed by atoms with Crippen LogP contribution >= 0.6 is 11.8 Å². The Morgan fingerprint density at radius 1 is 1.03 bits per heavy atom. The highest BCUT2D eigenvalue weighted by atomic mass is 32.2. The van der Waals surface area contributed by atoms with Gasteiger partial charge in [0.15, 0.2) is 16.8 Å². The number of Topliss-reactive ketones (excluding diaryl/α,β-unsaturated/α-hetero) is 1. The van der Waals surface area contributed by atoms with Crippen molar-refractivity contribution in [3.05, 3.63) is 59.7 Å². The number of thioether (sulfide) groups is 1. The number of hydrogen-bond donors (Lipinski definition) is 0. The molecule has 0 N–H and O–H groups in total. The lowest BCUT2D eigenvalue weighted by atomic mass is 10.1. The number of aromatic nitrogens is 3. The van der Waals surface area contributed by atoms with Crippen LogP contribution in [0.25, 0.3) is 11.4 Å². The summed E-state index contributed by atoms with van der Waals surface area (Å²) in [5.41, 5.74) is 2.94. The SMILES string of the molecule is CCc1ccc(C(=O)[C@H](C)Sc2nnc(-c3ccc(OC)cc3)n2CC(C)C)cc1. The molecule has 6 heteroatoms. The van der Waals surface area contributed by atoms with Crippen LogP contribution in [0.15, 0.2) is 53.7 Å². The van der Waals surface area contributed by atoms with Crippen molar-refractivity contribution < 1.29 is 9.53 Å². The number of hydrogen-bond acceptors (Lipinski definition) is 5. The Balaban J connectivity index is 1.85. The maximum Gasteiger partial charge on any atom is 0.192 e. The lowest BCUT2D eigenvalue weighted by molar-refractivity contribution is 0.0994. The lowest BCUT2D eigenvalue weighted by Crippen LogP contribution is -2.15. The third kappa shape index (κ3) is 5.11. The zero-order valence-corrected chi connectivity index (χ0v) is 19.1. The molecule has 30 heavy (non-hydrogen) atoms. The second-order valence-corrected chi connectivity index (χ2v) is 9.02. The summed E-state index contributed by atoms with van der Waals surface area (Å²) >= 11 is 1.46. The van der Waals surface area contributed by atoms with Gasteiger partial charge in [-0.15, -0.1) is 10.2 Å². The van der Waals surface area contributed by atoms with Gasteiger partial charge in [0.1, 0.15) is 5.75 Å². The summed E-state index contributed by atoms with van der Waals surface area (Å²) in [6.07, 6.45) is 0.964. The largest absolute Gasteiger partial charge is 0.497 e. The third-order valence-corrected chi connectivity index (χ3v) is 5.99. The number of methoxy groups -OCH3 is 1. The summed E-state index contributed by atoms with van der Waals surface area (Å²) < 4.78 is 7.37. The highest BCUT2D eigenvalue weighted by molar-refractivity contribution is 8.00. The summed E-state index contributed by atoms with van der Waals surface area (Å²) in [4.78, 5) is 12.9. The molecule has 0 saturated heterocycles. The Labute approximate surface area is 182 Å². The molecule has 0 aliphatic carbocycles. The Bertz CT molecular complexity index is 979.